The number of nitrogens with zero attached hydrogens (tertiary/aromatic N) is 1. The van der Waals surface area contributed by atoms with Gasteiger partial charge in [0.1, 0.15) is 4.21 Å². The van der Waals surface area contributed by atoms with Crippen LogP contribution in [0.1, 0.15) is 28.8 Å². The van der Waals surface area contributed by atoms with E-state index < -0.39 is 10.0 Å². The van der Waals surface area contributed by atoms with Gasteiger partial charge < -0.3 is 5.32 Å². The molecule has 0 radical (unpaired) electrons. The second-order valence-electron chi connectivity index (χ2n) is 5.76. The zero-order valence-corrected chi connectivity index (χ0v) is 15.4. The fraction of sp³-hybridized carbons (Fsp3) is 0.312. The summed E-state index contributed by atoms with van der Waals surface area (Å²) in [7, 11) is -2.04. The first-order chi connectivity index (χ1) is 11.4. The lowest BCUT2D eigenvalue weighted by molar-refractivity contribution is 0.0951. The molecule has 0 saturated heterocycles. The van der Waals surface area contributed by atoms with Crippen molar-refractivity contribution in [3.63, 3.8) is 0 Å². The van der Waals surface area contributed by atoms with E-state index in [9.17, 15) is 13.2 Å². The van der Waals surface area contributed by atoms with Crippen LogP contribution < -0.4 is 5.32 Å². The maximum Gasteiger partial charge on any atom is 0.252 e. The van der Waals surface area contributed by atoms with Gasteiger partial charge in [-0.25, -0.2) is 8.42 Å². The third-order valence-corrected chi connectivity index (χ3v) is 7.25. The van der Waals surface area contributed by atoms with Gasteiger partial charge in [0, 0.05) is 25.2 Å². The molecule has 1 amide bonds. The fourth-order valence-electron chi connectivity index (χ4n) is 2.19. The van der Waals surface area contributed by atoms with Crippen LogP contribution in [0, 0.1) is 0 Å². The third kappa shape index (κ3) is 3.97. The van der Waals surface area contributed by atoms with Gasteiger partial charge in [-0.15, -0.1) is 11.3 Å². The Morgan fingerprint density at radius 3 is 2.46 bits per heavy atom. The number of carbonyl (C=O) groups excluding carboxylic acids is 1. The smallest absolute Gasteiger partial charge is 0.252 e. The lowest BCUT2D eigenvalue weighted by Gasteiger charge is -2.16. The van der Waals surface area contributed by atoms with Crippen molar-refractivity contribution in [3.8, 4) is 0 Å². The highest BCUT2D eigenvalue weighted by Crippen LogP contribution is 2.28. The molecule has 24 heavy (non-hydrogen) atoms. The normalized spacial score (nSPS) is 14.8. The summed E-state index contributed by atoms with van der Waals surface area (Å²) in [5, 5.41) is 2.92. The Bertz CT molecular complexity index is 842. The standard InChI is InChI=1S/C16H17ClN2O3S2/c1-19(24(21,22)15-9-8-14(17)23-15)10-11-2-4-12(5-3-11)16(20)18-13-6-7-13/h2-5,8-9,13H,6-7,10H2,1H3,(H,18,20). The van der Waals surface area contributed by atoms with Gasteiger partial charge in [-0.3, -0.25) is 4.79 Å². The number of nitrogens with one attached hydrogen (secondary N) is 1. The largest absolute Gasteiger partial charge is 0.349 e. The average molecular weight is 385 g/mol. The summed E-state index contributed by atoms with van der Waals surface area (Å²) in [6.07, 6.45) is 2.08. The van der Waals surface area contributed by atoms with Crippen molar-refractivity contribution in [1.29, 1.82) is 0 Å². The summed E-state index contributed by atoms with van der Waals surface area (Å²) in [6.45, 7) is 0.225. The SMILES string of the molecule is CN(Cc1ccc(C(=O)NC2CC2)cc1)S(=O)(=O)c1ccc(Cl)s1. The van der Waals surface area contributed by atoms with E-state index in [1.165, 1.54) is 17.4 Å². The van der Waals surface area contributed by atoms with Crippen LogP contribution in [-0.4, -0.2) is 31.7 Å². The van der Waals surface area contributed by atoms with Crippen molar-refractivity contribution in [2.75, 3.05) is 7.05 Å². The number of sulfonamides is 1. The van der Waals surface area contributed by atoms with Gasteiger partial charge in [0.2, 0.25) is 0 Å². The lowest BCUT2D eigenvalue weighted by Crippen LogP contribution is -2.26. The molecule has 1 saturated carbocycles. The molecule has 3 rings (SSSR count). The number of hydrogen-bond acceptors (Lipinski definition) is 4. The molecule has 1 aliphatic carbocycles. The Morgan fingerprint density at radius 1 is 1.25 bits per heavy atom. The van der Waals surface area contributed by atoms with E-state index >= 15 is 0 Å². The van der Waals surface area contributed by atoms with Crippen molar-refractivity contribution < 1.29 is 13.2 Å². The summed E-state index contributed by atoms with van der Waals surface area (Å²) >= 11 is 6.85. The first kappa shape index (κ1) is 17.4. The van der Waals surface area contributed by atoms with Crippen LogP contribution in [0.5, 0.6) is 0 Å². The van der Waals surface area contributed by atoms with Crippen LogP contribution in [0.4, 0.5) is 0 Å². The number of halogens is 1. The van der Waals surface area contributed by atoms with E-state index in [0.29, 0.717) is 15.9 Å². The lowest BCUT2D eigenvalue weighted by atomic mass is 10.1. The third-order valence-electron chi connectivity index (χ3n) is 3.75. The highest BCUT2D eigenvalue weighted by Gasteiger charge is 2.24. The van der Waals surface area contributed by atoms with Crippen LogP contribution >= 0.6 is 22.9 Å². The van der Waals surface area contributed by atoms with Gasteiger partial charge in [-0.05, 0) is 42.7 Å². The quantitative estimate of drug-likeness (QED) is 0.832. The van der Waals surface area contributed by atoms with E-state index in [2.05, 4.69) is 5.32 Å². The molecule has 2 aromatic rings. The minimum absolute atomic E-state index is 0.0850. The van der Waals surface area contributed by atoms with Gasteiger partial charge in [0.05, 0.1) is 4.34 Å². The molecule has 0 atom stereocenters. The number of rotatable bonds is 6. The van der Waals surface area contributed by atoms with Crippen molar-refractivity contribution >= 4 is 38.9 Å². The maximum atomic E-state index is 12.5. The van der Waals surface area contributed by atoms with Crippen LogP contribution in [0.15, 0.2) is 40.6 Å². The van der Waals surface area contributed by atoms with Crippen molar-refractivity contribution in [2.24, 2.45) is 0 Å². The second kappa shape index (κ2) is 6.84. The van der Waals surface area contributed by atoms with Crippen molar-refractivity contribution in [3.05, 3.63) is 51.9 Å². The summed E-state index contributed by atoms with van der Waals surface area (Å²) in [6, 6.07) is 10.4. The minimum Gasteiger partial charge on any atom is -0.349 e. The summed E-state index contributed by atoms with van der Waals surface area (Å²) < 4.78 is 26.9. The van der Waals surface area contributed by atoms with E-state index in [1.54, 1.807) is 30.3 Å². The van der Waals surface area contributed by atoms with Crippen LogP contribution in [0.3, 0.4) is 0 Å². The van der Waals surface area contributed by atoms with Crippen LogP contribution in [-0.2, 0) is 16.6 Å². The second-order valence-corrected chi connectivity index (χ2v) is 9.75. The molecule has 8 heteroatoms. The van der Waals surface area contributed by atoms with Gasteiger partial charge in [-0.2, -0.15) is 4.31 Å². The first-order valence-electron chi connectivity index (χ1n) is 7.48. The summed E-state index contributed by atoms with van der Waals surface area (Å²) in [5.41, 5.74) is 1.40. The Kier molecular flexibility index (Phi) is 4.96. The summed E-state index contributed by atoms with van der Waals surface area (Å²) in [4.78, 5) is 11.9. The summed E-state index contributed by atoms with van der Waals surface area (Å²) in [5.74, 6) is -0.0850. The molecule has 128 valence electrons. The maximum absolute atomic E-state index is 12.5. The van der Waals surface area contributed by atoms with E-state index in [0.717, 1.165) is 29.7 Å². The Balaban J connectivity index is 1.67. The number of benzene rings is 1. The van der Waals surface area contributed by atoms with Crippen molar-refractivity contribution in [2.45, 2.75) is 29.6 Å². The molecule has 1 fully saturated rings. The minimum atomic E-state index is -3.56. The molecule has 1 N–H and O–H groups in total. The predicted octanol–water partition coefficient (Wildman–Crippen LogP) is 3.11. The monoisotopic (exact) mass is 384 g/mol. The molecule has 0 aliphatic heterocycles. The number of carbonyl (C=O) groups is 1. The molecule has 5 nitrogen and oxygen atoms in total. The molecule has 1 aliphatic rings. The molecule has 1 heterocycles. The van der Waals surface area contributed by atoms with E-state index in [4.69, 9.17) is 11.6 Å². The average Bonchev–Trinajstić information content (AvgIpc) is 3.25. The molecular weight excluding hydrogens is 368 g/mol. The number of thiophene rings is 1. The Morgan fingerprint density at radius 2 is 1.92 bits per heavy atom. The highest BCUT2D eigenvalue weighted by atomic mass is 35.5. The Hall–Kier alpha value is -1.41. The molecule has 0 unspecified atom stereocenters. The van der Waals surface area contributed by atoms with Crippen LogP contribution in [0.2, 0.25) is 4.34 Å². The van der Waals surface area contributed by atoms with Gasteiger partial charge in [0.25, 0.3) is 15.9 Å². The zero-order valence-electron chi connectivity index (χ0n) is 13.0. The Labute approximate surface area is 150 Å². The molecule has 1 aromatic carbocycles. The molecule has 1 aromatic heterocycles. The van der Waals surface area contributed by atoms with E-state index in [-0.39, 0.29) is 16.7 Å². The highest BCUT2D eigenvalue weighted by molar-refractivity contribution is 7.91. The topological polar surface area (TPSA) is 66.5 Å². The predicted molar refractivity (Wildman–Crippen MR) is 94.9 cm³/mol. The van der Waals surface area contributed by atoms with Gasteiger partial charge >= 0.3 is 0 Å². The molecule has 0 spiro atoms. The number of hydrogen-bond donors (Lipinski definition) is 1. The van der Waals surface area contributed by atoms with Crippen molar-refractivity contribution in [1.82, 2.24) is 9.62 Å². The van der Waals surface area contributed by atoms with E-state index in [1.807, 2.05) is 0 Å². The fourth-order valence-corrected chi connectivity index (χ4v) is 5.04. The van der Waals surface area contributed by atoms with Crippen LogP contribution in [0.25, 0.3) is 0 Å². The zero-order chi connectivity index (χ0) is 17.3. The van der Waals surface area contributed by atoms with Gasteiger partial charge in [-0.1, -0.05) is 23.7 Å². The first-order valence-corrected chi connectivity index (χ1v) is 10.1. The molecule has 0 bridgehead atoms. The van der Waals surface area contributed by atoms with Gasteiger partial charge in [0.15, 0.2) is 0 Å². The molecular formula is C16H17ClN2O3S2. The number of amides is 1.